The Morgan fingerprint density at radius 3 is 2.47 bits per heavy atom. The molecule has 19 heavy (non-hydrogen) atoms. The zero-order chi connectivity index (χ0) is 13.8. The molecule has 0 saturated heterocycles. The molecule has 0 radical (unpaired) electrons. The fourth-order valence-corrected chi connectivity index (χ4v) is 1.66. The van der Waals surface area contributed by atoms with E-state index < -0.39 is 11.9 Å². The monoisotopic (exact) mass is 256 g/mol. The number of rotatable bonds is 3. The summed E-state index contributed by atoms with van der Waals surface area (Å²) in [4.78, 5) is 22.8. The number of carboxylic acids is 1. The third-order valence-electron chi connectivity index (χ3n) is 2.66. The van der Waals surface area contributed by atoms with E-state index in [-0.39, 0.29) is 11.3 Å². The molecule has 0 bridgehead atoms. The fourth-order valence-electron chi connectivity index (χ4n) is 1.66. The molecule has 4 nitrogen and oxygen atoms in total. The second kappa shape index (κ2) is 5.35. The molecule has 0 unspecified atom stereocenters. The van der Waals surface area contributed by atoms with E-state index in [4.69, 9.17) is 9.84 Å². The van der Waals surface area contributed by atoms with E-state index in [1.54, 1.807) is 18.2 Å². The molecule has 2 aromatic carbocycles. The van der Waals surface area contributed by atoms with Crippen LogP contribution in [0.5, 0.6) is 5.75 Å². The summed E-state index contributed by atoms with van der Waals surface area (Å²) >= 11 is 0. The maximum atomic E-state index is 11.9. The van der Waals surface area contributed by atoms with Crippen molar-refractivity contribution < 1.29 is 19.4 Å². The molecule has 96 valence electrons. The molecule has 0 heterocycles. The van der Waals surface area contributed by atoms with Crippen molar-refractivity contribution in [2.24, 2.45) is 0 Å². The quantitative estimate of drug-likeness (QED) is 0.677. The van der Waals surface area contributed by atoms with Gasteiger partial charge in [-0.3, -0.25) is 0 Å². The normalized spacial score (nSPS) is 9.95. The number of carbonyl (C=O) groups is 2. The van der Waals surface area contributed by atoms with E-state index in [1.165, 1.54) is 18.2 Å². The summed E-state index contributed by atoms with van der Waals surface area (Å²) < 4.78 is 5.17. The molecule has 0 aliphatic carbocycles. The lowest BCUT2D eigenvalue weighted by Crippen LogP contribution is -2.10. The number of benzene rings is 2. The molecular weight excluding hydrogens is 244 g/mol. The van der Waals surface area contributed by atoms with Gasteiger partial charge in [0.1, 0.15) is 5.75 Å². The summed E-state index contributed by atoms with van der Waals surface area (Å²) in [5, 5.41) is 8.86. The van der Waals surface area contributed by atoms with Crippen molar-refractivity contribution in [3.63, 3.8) is 0 Å². The van der Waals surface area contributed by atoms with Gasteiger partial charge in [0.05, 0.1) is 11.1 Å². The molecule has 2 rings (SSSR count). The third-order valence-corrected chi connectivity index (χ3v) is 2.66. The Morgan fingerprint density at radius 1 is 1.05 bits per heavy atom. The van der Waals surface area contributed by atoms with E-state index in [1.807, 2.05) is 19.1 Å². The van der Waals surface area contributed by atoms with Crippen molar-refractivity contribution >= 4 is 11.9 Å². The summed E-state index contributed by atoms with van der Waals surface area (Å²) in [6.07, 6.45) is 0. The van der Waals surface area contributed by atoms with Gasteiger partial charge in [-0.25, -0.2) is 9.59 Å². The highest BCUT2D eigenvalue weighted by molar-refractivity contribution is 5.93. The number of carbonyl (C=O) groups excluding carboxylic acids is 1. The number of hydrogen-bond acceptors (Lipinski definition) is 3. The Hall–Kier alpha value is -2.62. The standard InChI is InChI=1S/C15H12O4/c1-10-5-2-3-8-13(10)15(18)19-12-7-4-6-11(9-12)14(16)17/h2-9H,1H3,(H,16,17). The van der Waals surface area contributed by atoms with Gasteiger partial charge in [-0.2, -0.15) is 0 Å². The molecule has 0 saturated carbocycles. The first-order chi connectivity index (χ1) is 9.08. The summed E-state index contributed by atoms with van der Waals surface area (Å²) in [5.74, 6) is -1.34. The minimum atomic E-state index is -1.06. The molecule has 0 aliphatic heterocycles. The summed E-state index contributed by atoms with van der Waals surface area (Å²) in [6, 6.07) is 12.9. The van der Waals surface area contributed by atoms with Crippen LogP contribution in [0.1, 0.15) is 26.3 Å². The average Bonchev–Trinajstić information content (AvgIpc) is 2.39. The lowest BCUT2D eigenvalue weighted by molar-refractivity contribution is 0.0687. The fraction of sp³-hybridized carbons (Fsp3) is 0.0667. The number of carboxylic acid groups (broad SMARTS) is 1. The van der Waals surface area contributed by atoms with Crippen LogP contribution < -0.4 is 4.74 Å². The van der Waals surface area contributed by atoms with Crippen molar-refractivity contribution in [1.29, 1.82) is 0 Å². The largest absolute Gasteiger partial charge is 0.478 e. The van der Waals surface area contributed by atoms with Gasteiger partial charge in [0.2, 0.25) is 0 Å². The first-order valence-electron chi connectivity index (χ1n) is 5.69. The number of ether oxygens (including phenoxy) is 1. The molecule has 0 spiro atoms. The lowest BCUT2D eigenvalue weighted by atomic mass is 10.1. The Kier molecular flexibility index (Phi) is 3.61. The zero-order valence-electron chi connectivity index (χ0n) is 10.3. The molecule has 4 heteroatoms. The Balaban J connectivity index is 2.22. The van der Waals surface area contributed by atoms with Crippen molar-refractivity contribution in [2.75, 3.05) is 0 Å². The maximum absolute atomic E-state index is 11.9. The smallest absolute Gasteiger partial charge is 0.343 e. The number of hydrogen-bond donors (Lipinski definition) is 1. The second-order valence-electron chi connectivity index (χ2n) is 4.04. The predicted molar refractivity (Wildman–Crippen MR) is 69.5 cm³/mol. The van der Waals surface area contributed by atoms with Crippen LogP contribution >= 0.6 is 0 Å². The van der Waals surface area contributed by atoms with Gasteiger partial charge >= 0.3 is 11.9 Å². The van der Waals surface area contributed by atoms with Crippen molar-refractivity contribution in [2.45, 2.75) is 6.92 Å². The van der Waals surface area contributed by atoms with E-state index in [9.17, 15) is 9.59 Å². The molecule has 1 N–H and O–H groups in total. The molecule has 0 amide bonds. The highest BCUT2D eigenvalue weighted by Crippen LogP contribution is 2.16. The van der Waals surface area contributed by atoms with Gasteiger partial charge in [0, 0.05) is 0 Å². The summed E-state index contributed by atoms with van der Waals surface area (Å²) in [5.41, 5.74) is 1.35. The summed E-state index contributed by atoms with van der Waals surface area (Å²) in [6.45, 7) is 1.81. The SMILES string of the molecule is Cc1ccccc1C(=O)Oc1cccc(C(=O)O)c1. The molecule has 0 fully saturated rings. The second-order valence-corrected chi connectivity index (χ2v) is 4.04. The predicted octanol–water partition coefficient (Wildman–Crippen LogP) is 2.91. The van der Waals surface area contributed by atoms with Gasteiger partial charge in [-0.1, -0.05) is 24.3 Å². The van der Waals surface area contributed by atoms with Crippen molar-refractivity contribution in [1.82, 2.24) is 0 Å². The molecule has 2 aromatic rings. The first-order valence-corrected chi connectivity index (χ1v) is 5.69. The molecule has 0 aromatic heterocycles. The lowest BCUT2D eigenvalue weighted by Gasteiger charge is -2.07. The highest BCUT2D eigenvalue weighted by atomic mass is 16.5. The van der Waals surface area contributed by atoms with Crippen LogP contribution in [0.4, 0.5) is 0 Å². The average molecular weight is 256 g/mol. The van der Waals surface area contributed by atoms with E-state index >= 15 is 0 Å². The van der Waals surface area contributed by atoms with Crippen LogP contribution in [-0.2, 0) is 0 Å². The topological polar surface area (TPSA) is 63.6 Å². The molecule has 0 atom stereocenters. The maximum Gasteiger partial charge on any atom is 0.343 e. The van der Waals surface area contributed by atoms with E-state index in [2.05, 4.69) is 0 Å². The van der Waals surface area contributed by atoms with E-state index in [0.29, 0.717) is 5.56 Å². The minimum Gasteiger partial charge on any atom is -0.478 e. The Morgan fingerprint density at radius 2 is 1.79 bits per heavy atom. The van der Waals surface area contributed by atoms with Gasteiger partial charge in [-0.05, 0) is 36.8 Å². The van der Waals surface area contributed by atoms with Crippen LogP contribution in [0.3, 0.4) is 0 Å². The van der Waals surface area contributed by atoms with Gasteiger partial charge in [0.25, 0.3) is 0 Å². The van der Waals surface area contributed by atoms with Crippen LogP contribution in [0.25, 0.3) is 0 Å². The van der Waals surface area contributed by atoms with Crippen molar-refractivity contribution in [3.05, 3.63) is 65.2 Å². The number of esters is 1. The highest BCUT2D eigenvalue weighted by Gasteiger charge is 2.12. The van der Waals surface area contributed by atoms with Gasteiger partial charge in [-0.15, -0.1) is 0 Å². The van der Waals surface area contributed by atoms with Gasteiger partial charge in [0.15, 0.2) is 0 Å². The van der Waals surface area contributed by atoms with E-state index in [0.717, 1.165) is 5.56 Å². The summed E-state index contributed by atoms with van der Waals surface area (Å²) in [7, 11) is 0. The number of aromatic carboxylic acids is 1. The van der Waals surface area contributed by atoms with Gasteiger partial charge < -0.3 is 9.84 Å². The van der Waals surface area contributed by atoms with Crippen LogP contribution in [0.2, 0.25) is 0 Å². The minimum absolute atomic E-state index is 0.0788. The molecule has 0 aliphatic rings. The third kappa shape index (κ3) is 2.98. The van der Waals surface area contributed by atoms with Crippen LogP contribution in [-0.4, -0.2) is 17.0 Å². The van der Waals surface area contributed by atoms with Crippen molar-refractivity contribution in [3.8, 4) is 5.75 Å². The molecular formula is C15H12O4. The Labute approximate surface area is 110 Å². The zero-order valence-corrected chi connectivity index (χ0v) is 10.3. The van der Waals surface area contributed by atoms with Crippen LogP contribution in [0, 0.1) is 6.92 Å². The van der Waals surface area contributed by atoms with Crippen LogP contribution in [0.15, 0.2) is 48.5 Å². The number of aryl methyl sites for hydroxylation is 1. The Bertz CT molecular complexity index is 632. The first kappa shape index (κ1) is 12.8.